The molecule has 3 nitrogen and oxygen atoms in total. The van der Waals surface area contributed by atoms with Gasteiger partial charge in [-0.25, -0.2) is 0 Å². The van der Waals surface area contributed by atoms with Gasteiger partial charge in [-0.1, -0.05) is 25.7 Å². The van der Waals surface area contributed by atoms with Crippen molar-refractivity contribution in [3.63, 3.8) is 0 Å². The van der Waals surface area contributed by atoms with E-state index in [9.17, 15) is 0 Å². The minimum atomic E-state index is 0.351. The van der Waals surface area contributed by atoms with E-state index < -0.39 is 0 Å². The van der Waals surface area contributed by atoms with E-state index in [2.05, 4.69) is 12.3 Å². The van der Waals surface area contributed by atoms with Gasteiger partial charge in [-0.15, -0.1) is 0 Å². The summed E-state index contributed by atoms with van der Waals surface area (Å²) >= 11 is 0. The van der Waals surface area contributed by atoms with Gasteiger partial charge in [0, 0.05) is 13.2 Å². The van der Waals surface area contributed by atoms with E-state index in [0.717, 1.165) is 18.8 Å². The lowest BCUT2D eigenvalue weighted by atomic mass is 9.95. The summed E-state index contributed by atoms with van der Waals surface area (Å²) in [5.74, 6) is 6.49. The fourth-order valence-corrected chi connectivity index (χ4v) is 2.47. The molecule has 0 aliphatic heterocycles. The predicted octanol–water partition coefficient (Wildman–Crippen LogP) is 2.21. The van der Waals surface area contributed by atoms with Crippen LogP contribution in [0, 0.1) is 5.92 Å². The van der Waals surface area contributed by atoms with E-state index >= 15 is 0 Å². The Morgan fingerprint density at radius 2 is 2.00 bits per heavy atom. The van der Waals surface area contributed by atoms with Gasteiger partial charge in [0.1, 0.15) is 0 Å². The fourth-order valence-electron chi connectivity index (χ4n) is 2.47. The Kier molecular flexibility index (Phi) is 6.22. The molecule has 1 saturated carbocycles. The second-order valence-electron chi connectivity index (χ2n) is 4.87. The van der Waals surface area contributed by atoms with Crippen molar-refractivity contribution in [3.05, 3.63) is 0 Å². The molecule has 0 amide bonds. The average molecular weight is 214 g/mol. The Labute approximate surface area is 93.7 Å². The lowest BCUT2D eigenvalue weighted by Crippen LogP contribution is -2.37. The molecule has 1 fully saturated rings. The van der Waals surface area contributed by atoms with Gasteiger partial charge in [0.25, 0.3) is 0 Å². The molecule has 3 N–H and O–H groups in total. The van der Waals surface area contributed by atoms with E-state index in [1.54, 1.807) is 7.11 Å². The number of hydrazine groups is 1. The van der Waals surface area contributed by atoms with Crippen molar-refractivity contribution >= 4 is 0 Å². The second kappa shape index (κ2) is 7.20. The van der Waals surface area contributed by atoms with Gasteiger partial charge in [0.05, 0.1) is 6.10 Å². The highest BCUT2D eigenvalue weighted by Crippen LogP contribution is 2.29. The number of ether oxygens (including phenoxy) is 1. The standard InChI is InChI=1S/C12H26N2O/c1-10(15-2)7-8-12(14-13)9-11-5-3-4-6-11/h10-12,14H,3-9,13H2,1-2H3. The van der Waals surface area contributed by atoms with Crippen LogP contribution < -0.4 is 11.3 Å². The van der Waals surface area contributed by atoms with Gasteiger partial charge in [-0.2, -0.15) is 0 Å². The summed E-state index contributed by atoms with van der Waals surface area (Å²) in [7, 11) is 1.77. The van der Waals surface area contributed by atoms with Gasteiger partial charge in [-0.05, 0) is 32.1 Å². The van der Waals surface area contributed by atoms with Gasteiger partial charge < -0.3 is 4.74 Å². The molecular formula is C12H26N2O. The highest BCUT2D eigenvalue weighted by molar-refractivity contribution is 4.75. The summed E-state index contributed by atoms with van der Waals surface area (Å²) < 4.78 is 5.25. The monoisotopic (exact) mass is 214 g/mol. The zero-order chi connectivity index (χ0) is 11.1. The fraction of sp³-hybridized carbons (Fsp3) is 1.00. The highest BCUT2D eigenvalue weighted by atomic mass is 16.5. The third-order valence-electron chi connectivity index (χ3n) is 3.65. The first-order valence-corrected chi connectivity index (χ1v) is 6.25. The molecular weight excluding hydrogens is 188 g/mol. The molecule has 0 aromatic heterocycles. The largest absolute Gasteiger partial charge is 0.382 e. The molecule has 1 aliphatic carbocycles. The first-order valence-electron chi connectivity index (χ1n) is 6.25. The van der Waals surface area contributed by atoms with Crippen molar-refractivity contribution in [1.29, 1.82) is 0 Å². The highest BCUT2D eigenvalue weighted by Gasteiger charge is 2.19. The van der Waals surface area contributed by atoms with Crippen molar-refractivity contribution in [2.45, 2.75) is 64.0 Å². The quantitative estimate of drug-likeness (QED) is 0.504. The molecule has 1 aliphatic rings. The van der Waals surface area contributed by atoms with Crippen molar-refractivity contribution in [3.8, 4) is 0 Å². The van der Waals surface area contributed by atoms with Gasteiger partial charge in [-0.3, -0.25) is 11.3 Å². The van der Waals surface area contributed by atoms with Crippen LogP contribution in [0.3, 0.4) is 0 Å². The molecule has 2 atom stereocenters. The van der Waals surface area contributed by atoms with Crippen molar-refractivity contribution in [2.75, 3.05) is 7.11 Å². The van der Waals surface area contributed by atoms with Crippen LogP contribution in [0.5, 0.6) is 0 Å². The molecule has 0 heterocycles. The molecule has 1 rings (SSSR count). The van der Waals surface area contributed by atoms with Crippen LogP contribution in [0.4, 0.5) is 0 Å². The van der Waals surface area contributed by atoms with Crippen molar-refractivity contribution < 1.29 is 4.74 Å². The number of hydrogen-bond acceptors (Lipinski definition) is 3. The number of rotatable bonds is 7. The van der Waals surface area contributed by atoms with Gasteiger partial charge in [0.2, 0.25) is 0 Å². The van der Waals surface area contributed by atoms with Crippen molar-refractivity contribution in [2.24, 2.45) is 11.8 Å². The zero-order valence-electron chi connectivity index (χ0n) is 10.2. The summed E-state index contributed by atoms with van der Waals surface area (Å²) in [4.78, 5) is 0. The van der Waals surface area contributed by atoms with Gasteiger partial charge in [0.15, 0.2) is 0 Å². The van der Waals surface area contributed by atoms with Crippen LogP contribution in [-0.4, -0.2) is 19.3 Å². The minimum Gasteiger partial charge on any atom is -0.382 e. The van der Waals surface area contributed by atoms with Crippen LogP contribution in [0.25, 0.3) is 0 Å². The summed E-state index contributed by atoms with van der Waals surface area (Å²) in [6.45, 7) is 2.11. The lowest BCUT2D eigenvalue weighted by molar-refractivity contribution is 0.105. The summed E-state index contributed by atoms with van der Waals surface area (Å²) in [6.07, 6.45) is 9.44. The Bertz CT molecular complexity index is 158. The molecule has 0 aromatic rings. The Hall–Kier alpha value is -0.120. The van der Waals surface area contributed by atoms with Crippen LogP contribution in [0.1, 0.15) is 51.9 Å². The van der Waals surface area contributed by atoms with E-state index in [4.69, 9.17) is 10.6 Å². The Balaban J connectivity index is 2.16. The third kappa shape index (κ3) is 4.96. The molecule has 2 unspecified atom stereocenters. The molecule has 15 heavy (non-hydrogen) atoms. The Morgan fingerprint density at radius 1 is 1.33 bits per heavy atom. The topological polar surface area (TPSA) is 47.3 Å². The van der Waals surface area contributed by atoms with E-state index in [1.807, 2.05) is 0 Å². The number of nitrogens with one attached hydrogen (secondary N) is 1. The van der Waals surface area contributed by atoms with Crippen LogP contribution in [0.15, 0.2) is 0 Å². The molecule has 90 valence electrons. The maximum atomic E-state index is 5.59. The minimum absolute atomic E-state index is 0.351. The molecule has 0 saturated heterocycles. The van der Waals surface area contributed by atoms with Crippen LogP contribution in [0.2, 0.25) is 0 Å². The summed E-state index contributed by atoms with van der Waals surface area (Å²) in [5.41, 5.74) is 2.95. The average Bonchev–Trinajstić information content (AvgIpc) is 2.76. The molecule has 0 bridgehead atoms. The lowest BCUT2D eigenvalue weighted by Gasteiger charge is -2.21. The number of nitrogens with two attached hydrogens (primary N) is 1. The first-order chi connectivity index (χ1) is 7.26. The third-order valence-corrected chi connectivity index (χ3v) is 3.65. The van der Waals surface area contributed by atoms with Crippen LogP contribution in [-0.2, 0) is 4.74 Å². The normalized spacial score (nSPS) is 21.8. The summed E-state index contributed by atoms with van der Waals surface area (Å²) in [5, 5.41) is 0. The van der Waals surface area contributed by atoms with E-state index in [-0.39, 0.29) is 0 Å². The maximum absolute atomic E-state index is 5.59. The SMILES string of the molecule is COC(C)CCC(CC1CCCC1)NN. The Morgan fingerprint density at radius 3 is 2.53 bits per heavy atom. The first kappa shape index (κ1) is 12.9. The van der Waals surface area contributed by atoms with E-state index in [0.29, 0.717) is 12.1 Å². The second-order valence-corrected chi connectivity index (χ2v) is 4.87. The smallest absolute Gasteiger partial charge is 0.0543 e. The number of methoxy groups -OCH3 is 1. The molecule has 3 heteroatoms. The molecule has 0 aromatic carbocycles. The number of hydrogen-bond donors (Lipinski definition) is 2. The molecule has 0 radical (unpaired) electrons. The maximum Gasteiger partial charge on any atom is 0.0543 e. The van der Waals surface area contributed by atoms with E-state index in [1.165, 1.54) is 32.1 Å². The zero-order valence-corrected chi connectivity index (χ0v) is 10.2. The summed E-state index contributed by atoms with van der Waals surface area (Å²) in [6, 6.07) is 0.477. The molecule has 0 spiro atoms. The van der Waals surface area contributed by atoms with Gasteiger partial charge >= 0.3 is 0 Å². The van der Waals surface area contributed by atoms with Crippen molar-refractivity contribution in [1.82, 2.24) is 5.43 Å². The van der Waals surface area contributed by atoms with Crippen LogP contribution >= 0.6 is 0 Å². The predicted molar refractivity (Wildman–Crippen MR) is 63.4 cm³/mol.